The molecule has 0 spiro atoms. The van der Waals surface area contributed by atoms with Crippen LogP contribution in [0, 0.1) is 6.67 Å². The van der Waals surface area contributed by atoms with Gasteiger partial charge < -0.3 is 31.3 Å². The smallest absolute Gasteiger partial charge is 1.00 e. The summed E-state index contributed by atoms with van der Waals surface area (Å²) in [5.74, 6) is -0.834. The van der Waals surface area contributed by atoms with Gasteiger partial charge in [-0.3, -0.25) is 0 Å². The molecule has 1 heterocycles. The van der Waals surface area contributed by atoms with Gasteiger partial charge in [-0.15, -0.1) is 0 Å². The first-order valence-corrected chi connectivity index (χ1v) is 8.73. The predicted octanol–water partition coefficient (Wildman–Crippen LogP) is -9.93. The molecule has 129 valence electrons. The van der Waals surface area contributed by atoms with E-state index in [9.17, 15) is 25.9 Å². The zero-order chi connectivity index (χ0) is 14.5. The van der Waals surface area contributed by atoms with Gasteiger partial charge in [0.15, 0.2) is 0 Å². The van der Waals surface area contributed by atoms with Crippen LogP contribution in [0.15, 0.2) is 12.4 Å². The van der Waals surface area contributed by atoms with E-state index in [4.69, 9.17) is 0 Å². The first-order chi connectivity index (χ1) is 8.66. The Morgan fingerprint density at radius 3 is 1.35 bits per heavy atom. The van der Waals surface area contributed by atoms with Crippen molar-refractivity contribution in [2.45, 2.75) is 12.8 Å². The number of halogens is 1. The largest absolute Gasteiger partial charge is 1.00 e. The Morgan fingerprint density at radius 1 is 0.783 bits per heavy atom. The predicted molar refractivity (Wildman–Crippen MR) is 65.2 cm³/mol. The standard InChI is InChI=1S/C9H17N2O6S2.Ag.ClH.2Na/c12-18(13,14)7-1-3-10-5-6-11(9-10)4-2-8-19(15,16)17;;;;/h5-6,9H,1-4,7-8H2,(H,12,13,14)(H,15,16,17);;1H;;/q;+1;;2*+1/p-3. The molecule has 0 aromatic heterocycles. The van der Waals surface area contributed by atoms with Crippen LogP contribution in [-0.2, 0) is 42.6 Å². The van der Waals surface area contributed by atoms with Crippen molar-refractivity contribution < 1.29 is 120 Å². The van der Waals surface area contributed by atoms with Crippen molar-refractivity contribution in [3.05, 3.63) is 19.1 Å². The molecule has 1 radical (unpaired) electrons. The van der Waals surface area contributed by atoms with E-state index < -0.39 is 31.7 Å². The Morgan fingerprint density at radius 2 is 1.09 bits per heavy atom. The Bertz CT molecular complexity index is 488. The molecule has 0 fully saturated rings. The molecule has 1 aliphatic rings. The summed E-state index contributed by atoms with van der Waals surface area (Å²) in [6.07, 6.45) is 3.80. The zero-order valence-corrected chi connectivity index (χ0v) is 20.7. The Kier molecular flexibility index (Phi) is 21.8. The van der Waals surface area contributed by atoms with Crippen molar-refractivity contribution in [1.29, 1.82) is 0 Å². The third kappa shape index (κ3) is 18.8. The van der Waals surface area contributed by atoms with Gasteiger partial charge in [-0.05, 0) is 12.8 Å². The Labute approximate surface area is 203 Å². The summed E-state index contributed by atoms with van der Waals surface area (Å²) in [4.78, 5) is 3.38. The van der Waals surface area contributed by atoms with E-state index in [0.717, 1.165) is 0 Å². The maximum atomic E-state index is 10.4. The van der Waals surface area contributed by atoms with Crippen LogP contribution in [0.4, 0.5) is 0 Å². The van der Waals surface area contributed by atoms with E-state index in [1.807, 2.05) is 0 Å². The minimum Gasteiger partial charge on any atom is -1.00 e. The third-order valence-electron chi connectivity index (χ3n) is 2.37. The molecule has 0 aromatic carbocycles. The van der Waals surface area contributed by atoms with Gasteiger partial charge in [0.2, 0.25) is 0 Å². The van der Waals surface area contributed by atoms with Crippen molar-refractivity contribution in [3.63, 3.8) is 0 Å². The van der Waals surface area contributed by atoms with Crippen LogP contribution < -0.4 is 71.5 Å². The summed E-state index contributed by atoms with van der Waals surface area (Å²) in [5, 5.41) is 0. The molecule has 0 unspecified atom stereocenters. The molecule has 0 aromatic rings. The van der Waals surface area contributed by atoms with E-state index in [1.54, 1.807) is 28.9 Å². The van der Waals surface area contributed by atoms with E-state index in [0.29, 0.717) is 13.1 Å². The third-order valence-corrected chi connectivity index (χ3v) is 3.94. The van der Waals surface area contributed by atoms with Gasteiger partial charge in [0, 0.05) is 37.0 Å². The molecule has 0 bridgehead atoms. The molecular weight excluding hydrogens is 486 g/mol. The van der Waals surface area contributed by atoms with Crippen molar-refractivity contribution in [2.24, 2.45) is 0 Å². The van der Waals surface area contributed by atoms with Crippen molar-refractivity contribution >= 4 is 20.2 Å². The first-order valence-electron chi connectivity index (χ1n) is 5.58. The maximum Gasteiger partial charge on any atom is 1.00 e. The second-order valence-electron chi connectivity index (χ2n) is 4.12. The molecule has 1 aliphatic heterocycles. The van der Waals surface area contributed by atoms with Crippen molar-refractivity contribution in [2.75, 3.05) is 24.6 Å². The monoisotopic (exact) mass is 499 g/mol. The average molecular weight is 501 g/mol. The quantitative estimate of drug-likeness (QED) is 0.238. The van der Waals surface area contributed by atoms with Crippen LogP contribution in [0.1, 0.15) is 12.8 Å². The van der Waals surface area contributed by atoms with Crippen LogP contribution in [0.3, 0.4) is 0 Å². The molecule has 8 nitrogen and oxygen atoms in total. The molecule has 0 N–H and O–H groups in total. The van der Waals surface area contributed by atoms with Gasteiger partial charge >= 0.3 is 81.5 Å². The summed E-state index contributed by atoms with van der Waals surface area (Å²) in [7, 11) is -8.38. The van der Waals surface area contributed by atoms with E-state index in [1.165, 1.54) is 0 Å². The zero-order valence-electron chi connectivity index (χ0n) is 12.8. The minimum atomic E-state index is -4.19. The SMILES string of the molecule is O=S(=O)([O-])CCCN1[CH]N(CCCS(=O)(=O)[O-])C=C1.[Ag+].[Cl-].[Na+].[Na+]. The topological polar surface area (TPSA) is 121 Å². The fraction of sp³-hybridized carbons (Fsp3) is 0.667. The van der Waals surface area contributed by atoms with Crippen LogP contribution in [-0.4, -0.2) is 60.3 Å². The fourth-order valence-corrected chi connectivity index (χ4v) is 2.52. The Balaban J connectivity index is -0.000000451. The summed E-state index contributed by atoms with van der Waals surface area (Å²) >= 11 is 0. The van der Waals surface area contributed by atoms with Crippen LogP contribution in [0.25, 0.3) is 0 Å². The molecule has 23 heavy (non-hydrogen) atoms. The molecule has 0 amide bonds. The number of rotatable bonds is 8. The minimum absolute atomic E-state index is 0. The number of hydrogen-bond donors (Lipinski definition) is 0. The molecule has 0 saturated heterocycles. The summed E-state index contributed by atoms with van der Waals surface area (Å²) in [6.45, 7) is 2.43. The van der Waals surface area contributed by atoms with Crippen molar-refractivity contribution in [1.82, 2.24) is 9.80 Å². The van der Waals surface area contributed by atoms with Crippen molar-refractivity contribution in [3.8, 4) is 0 Å². The first kappa shape index (κ1) is 32.8. The molecular formula is C9H15AgClN2Na2O6S2. The molecule has 0 saturated carbocycles. The molecule has 0 aliphatic carbocycles. The van der Waals surface area contributed by atoms with Crippen LogP contribution in [0.2, 0.25) is 0 Å². The summed E-state index contributed by atoms with van der Waals surface area (Å²) in [5.41, 5.74) is 0. The molecule has 1 rings (SSSR count). The van der Waals surface area contributed by atoms with E-state index >= 15 is 0 Å². The second kappa shape index (κ2) is 15.3. The van der Waals surface area contributed by atoms with E-state index in [-0.39, 0.29) is 107 Å². The molecule has 14 heteroatoms. The number of nitrogens with zero attached hydrogens (tertiary/aromatic N) is 2. The van der Waals surface area contributed by atoms with Gasteiger partial charge in [-0.1, -0.05) is 0 Å². The van der Waals surface area contributed by atoms with Gasteiger partial charge in [0.25, 0.3) is 0 Å². The van der Waals surface area contributed by atoms with Gasteiger partial charge in [0.1, 0.15) is 6.67 Å². The number of hydrogen-bond acceptors (Lipinski definition) is 8. The van der Waals surface area contributed by atoms with Gasteiger partial charge in [-0.25, -0.2) is 16.8 Å². The van der Waals surface area contributed by atoms with Crippen LogP contribution in [0.5, 0.6) is 0 Å². The summed E-state index contributed by atoms with van der Waals surface area (Å²) < 4.78 is 62.4. The summed E-state index contributed by atoms with van der Waals surface area (Å²) in [6, 6.07) is 0. The Hall–Kier alpha value is 2.19. The van der Waals surface area contributed by atoms with Crippen LogP contribution >= 0.6 is 0 Å². The molecule has 0 atom stereocenters. The van der Waals surface area contributed by atoms with Gasteiger partial charge in [0.05, 0.1) is 20.2 Å². The second-order valence-corrected chi connectivity index (χ2v) is 7.17. The van der Waals surface area contributed by atoms with E-state index in [2.05, 4.69) is 0 Å². The normalized spacial score (nSPS) is 13.5. The maximum absolute atomic E-state index is 10.4. The fourth-order valence-electron chi connectivity index (χ4n) is 1.55. The average Bonchev–Trinajstić information content (AvgIpc) is 2.62. The van der Waals surface area contributed by atoms with Gasteiger partial charge in [-0.2, -0.15) is 0 Å².